The molecule has 1 aliphatic rings. The van der Waals surface area contributed by atoms with Gasteiger partial charge < -0.3 is 5.11 Å². The van der Waals surface area contributed by atoms with E-state index in [-0.39, 0.29) is 30.0 Å². The van der Waals surface area contributed by atoms with Crippen molar-refractivity contribution in [1.29, 1.82) is 0 Å². The Morgan fingerprint density at radius 1 is 1.40 bits per heavy atom. The van der Waals surface area contributed by atoms with E-state index in [1.807, 2.05) is 6.92 Å². The summed E-state index contributed by atoms with van der Waals surface area (Å²) in [7, 11) is -3.73. The standard InChI is InChI=1S/C14H20FNO3S/c1-10-3-6-13(15)7-14(10)20(18,19)16-8-12(9-17)5-4-11(16)2/h3,6-7,11-12,17H,4-5,8-9H2,1-2H3. The average Bonchev–Trinajstić information content (AvgIpc) is 2.41. The van der Waals surface area contributed by atoms with E-state index in [0.717, 1.165) is 12.5 Å². The van der Waals surface area contributed by atoms with Gasteiger partial charge >= 0.3 is 0 Å². The van der Waals surface area contributed by atoms with Crippen molar-refractivity contribution in [1.82, 2.24) is 4.31 Å². The summed E-state index contributed by atoms with van der Waals surface area (Å²) in [4.78, 5) is 0.0166. The Labute approximate surface area is 119 Å². The topological polar surface area (TPSA) is 57.6 Å². The Morgan fingerprint density at radius 2 is 2.10 bits per heavy atom. The maximum Gasteiger partial charge on any atom is 0.243 e. The molecule has 2 atom stereocenters. The molecule has 1 saturated heterocycles. The van der Waals surface area contributed by atoms with Crippen LogP contribution in [0, 0.1) is 18.7 Å². The van der Waals surface area contributed by atoms with E-state index in [0.29, 0.717) is 12.0 Å². The quantitative estimate of drug-likeness (QED) is 0.928. The van der Waals surface area contributed by atoms with Crippen molar-refractivity contribution in [2.24, 2.45) is 5.92 Å². The van der Waals surface area contributed by atoms with E-state index in [1.165, 1.54) is 16.4 Å². The smallest absolute Gasteiger partial charge is 0.243 e. The van der Waals surface area contributed by atoms with Gasteiger partial charge in [0, 0.05) is 19.2 Å². The summed E-state index contributed by atoms with van der Waals surface area (Å²) in [5.41, 5.74) is 0.532. The fourth-order valence-corrected chi connectivity index (χ4v) is 4.58. The van der Waals surface area contributed by atoms with Crippen molar-refractivity contribution in [2.75, 3.05) is 13.2 Å². The van der Waals surface area contributed by atoms with Crippen LogP contribution in [0.2, 0.25) is 0 Å². The van der Waals surface area contributed by atoms with Crippen molar-refractivity contribution in [2.45, 2.75) is 37.6 Å². The minimum atomic E-state index is -3.73. The van der Waals surface area contributed by atoms with Gasteiger partial charge in [0.05, 0.1) is 4.90 Å². The molecule has 1 aromatic carbocycles. The fraction of sp³-hybridized carbons (Fsp3) is 0.571. The van der Waals surface area contributed by atoms with Crippen LogP contribution >= 0.6 is 0 Å². The van der Waals surface area contributed by atoms with E-state index in [9.17, 15) is 17.9 Å². The molecule has 0 spiro atoms. The second kappa shape index (κ2) is 5.79. The minimum absolute atomic E-state index is 0.0166. The lowest BCUT2D eigenvalue weighted by molar-refractivity contribution is 0.139. The van der Waals surface area contributed by atoms with Crippen LogP contribution in [-0.2, 0) is 10.0 Å². The van der Waals surface area contributed by atoms with Gasteiger partial charge in [0.15, 0.2) is 0 Å². The molecule has 1 heterocycles. The number of sulfonamides is 1. The molecule has 20 heavy (non-hydrogen) atoms. The Hall–Kier alpha value is -0.980. The molecule has 0 aliphatic carbocycles. The third kappa shape index (κ3) is 2.87. The van der Waals surface area contributed by atoms with Crippen LogP contribution in [0.3, 0.4) is 0 Å². The highest BCUT2D eigenvalue weighted by Crippen LogP contribution is 2.29. The molecule has 2 rings (SSSR count). The Kier molecular flexibility index (Phi) is 4.46. The summed E-state index contributed by atoms with van der Waals surface area (Å²) in [5.74, 6) is -0.604. The molecule has 1 fully saturated rings. The molecule has 4 nitrogen and oxygen atoms in total. The SMILES string of the molecule is Cc1ccc(F)cc1S(=O)(=O)N1CC(CO)CCC1C. The number of piperidine rings is 1. The molecular formula is C14H20FNO3S. The molecule has 1 aromatic rings. The van der Waals surface area contributed by atoms with Gasteiger partial charge in [-0.2, -0.15) is 4.31 Å². The highest BCUT2D eigenvalue weighted by atomic mass is 32.2. The monoisotopic (exact) mass is 301 g/mol. The zero-order chi connectivity index (χ0) is 14.9. The zero-order valence-corrected chi connectivity index (χ0v) is 12.5. The molecular weight excluding hydrogens is 281 g/mol. The van der Waals surface area contributed by atoms with Crippen molar-refractivity contribution in [3.63, 3.8) is 0 Å². The van der Waals surface area contributed by atoms with Gasteiger partial charge in [0.1, 0.15) is 5.82 Å². The summed E-state index contributed by atoms with van der Waals surface area (Å²) >= 11 is 0. The van der Waals surface area contributed by atoms with Gasteiger partial charge in [-0.25, -0.2) is 12.8 Å². The number of hydrogen-bond acceptors (Lipinski definition) is 3. The number of rotatable bonds is 3. The molecule has 0 bridgehead atoms. The lowest BCUT2D eigenvalue weighted by Gasteiger charge is -2.36. The largest absolute Gasteiger partial charge is 0.396 e. The van der Waals surface area contributed by atoms with Crippen molar-refractivity contribution >= 4 is 10.0 Å². The van der Waals surface area contributed by atoms with Gasteiger partial charge in [-0.1, -0.05) is 6.07 Å². The molecule has 2 unspecified atom stereocenters. The second-order valence-electron chi connectivity index (χ2n) is 5.46. The highest BCUT2D eigenvalue weighted by Gasteiger charge is 2.35. The lowest BCUT2D eigenvalue weighted by atomic mass is 9.96. The van der Waals surface area contributed by atoms with Crippen molar-refractivity contribution in [3.05, 3.63) is 29.6 Å². The number of aliphatic hydroxyl groups excluding tert-OH is 1. The molecule has 1 N–H and O–H groups in total. The van der Waals surface area contributed by atoms with Crippen LogP contribution in [-0.4, -0.2) is 37.0 Å². The normalized spacial score (nSPS) is 24.8. The summed E-state index contributed by atoms with van der Waals surface area (Å²) in [6.45, 7) is 3.76. The lowest BCUT2D eigenvalue weighted by Crippen LogP contribution is -2.46. The van der Waals surface area contributed by atoms with E-state index >= 15 is 0 Å². The number of hydrogen-bond donors (Lipinski definition) is 1. The van der Waals surface area contributed by atoms with Crippen LogP contribution in [0.15, 0.2) is 23.1 Å². The third-order valence-corrected chi connectivity index (χ3v) is 6.04. The number of nitrogens with zero attached hydrogens (tertiary/aromatic N) is 1. The van der Waals surface area contributed by atoms with Gasteiger partial charge in [0.25, 0.3) is 0 Å². The molecule has 1 aliphatic heterocycles. The molecule has 0 saturated carbocycles. The molecule has 0 aromatic heterocycles. The van der Waals surface area contributed by atoms with Crippen LogP contribution < -0.4 is 0 Å². The van der Waals surface area contributed by atoms with Crippen molar-refractivity contribution < 1.29 is 17.9 Å². The summed E-state index contributed by atoms with van der Waals surface area (Å²) < 4.78 is 40.2. The Bertz CT molecular complexity index is 588. The molecule has 112 valence electrons. The van der Waals surface area contributed by atoms with E-state index in [1.54, 1.807) is 6.92 Å². The maximum absolute atomic E-state index is 13.4. The van der Waals surface area contributed by atoms with Crippen LogP contribution in [0.1, 0.15) is 25.3 Å². The van der Waals surface area contributed by atoms with Gasteiger partial charge in [0.2, 0.25) is 10.0 Å². The first kappa shape index (κ1) is 15.4. The number of aryl methyl sites for hydroxylation is 1. The second-order valence-corrected chi connectivity index (χ2v) is 7.32. The van der Waals surface area contributed by atoms with Crippen molar-refractivity contribution in [3.8, 4) is 0 Å². The zero-order valence-electron chi connectivity index (χ0n) is 11.7. The number of benzene rings is 1. The Morgan fingerprint density at radius 3 is 2.75 bits per heavy atom. The number of aliphatic hydroxyl groups is 1. The first-order valence-corrected chi connectivity index (χ1v) is 8.19. The van der Waals surface area contributed by atoms with E-state index in [4.69, 9.17) is 0 Å². The Balaban J connectivity index is 2.40. The van der Waals surface area contributed by atoms with E-state index in [2.05, 4.69) is 0 Å². The molecule has 0 amide bonds. The third-order valence-electron chi connectivity index (χ3n) is 3.92. The average molecular weight is 301 g/mol. The van der Waals surface area contributed by atoms with Crippen LogP contribution in [0.5, 0.6) is 0 Å². The van der Waals surface area contributed by atoms with Gasteiger partial charge in [-0.15, -0.1) is 0 Å². The number of halogens is 1. The summed E-state index contributed by atoms with van der Waals surface area (Å²) in [5, 5.41) is 9.25. The first-order chi connectivity index (χ1) is 9.36. The summed E-state index contributed by atoms with van der Waals surface area (Å²) in [6, 6.07) is 3.66. The molecule has 6 heteroatoms. The predicted octanol–water partition coefficient (Wildman–Crippen LogP) is 1.92. The van der Waals surface area contributed by atoms with Gasteiger partial charge in [-0.3, -0.25) is 0 Å². The fourth-order valence-electron chi connectivity index (χ4n) is 2.61. The van der Waals surface area contributed by atoms with Gasteiger partial charge in [-0.05, 0) is 50.3 Å². The summed E-state index contributed by atoms with van der Waals surface area (Å²) in [6.07, 6.45) is 1.52. The maximum atomic E-state index is 13.4. The minimum Gasteiger partial charge on any atom is -0.396 e. The molecule has 0 radical (unpaired) electrons. The highest BCUT2D eigenvalue weighted by molar-refractivity contribution is 7.89. The predicted molar refractivity (Wildman–Crippen MR) is 74.3 cm³/mol. The van der Waals surface area contributed by atoms with E-state index < -0.39 is 15.8 Å². The first-order valence-electron chi connectivity index (χ1n) is 6.75. The van der Waals surface area contributed by atoms with Crippen LogP contribution in [0.25, 0.3) is 0 Å². The van der Waals surface area contributed by atoms with Crippen LogP contribution in [0.4, 0.5) is 4.39 Å².